The number of aromatic nitrogens is 1. The molecule has 0 saturated heterocycles. The fourth-order valence-corrected chi connectivity index (χ4v) is 3.15. The third kappa shape index (κ3) is 3.36. The number of carbonyl (C=O) groups excluding carboxylic acids is 1. The van der Waals surface area contributed by atoms with Gasteiger partial charge in [0, 0.05) is 10.4 Å². The molecule has 1 aromatic carbocycles. The van der Waals surface area contributed by atoms with Crippen LogP contribution in [0, 0.1) is 13.8 Å². The molecule has 4 nitrogen and oxygen atoms in total. The molecule has 0 spiro atoms. The van der Waals surface area contributed by atoms with Crippen LogP contribution in [0.1, 0.15) is 25.9 Å². The molecule has 0 fully saturated rings. The fourth-order valence-electron chi connectivity index (χ4n) is 1.93. The van der Waals surface area contributed by atoms with E-state index in [9.17, 15) is 4.79 Å². The Kier molecular flexibility index (Phi) is 4.85. The Morgan fingerprint density at radius 1 is 1.29 bits per heavy atom. The number of halogens is 1. The maximum absolute atomic E-state index is 12.4. The third-order valence-electron chi connectivity index (χ3n) is 3.14. The standard InChI is InChI=1S/C15H16ClNO3S/c1-8-9(2)21-14(17-8)7-12(18)10-5-11(16)15(20-4)13(6-10)19-3/h5-6H,7H2,1-4H3. The molecule has 0 amide bonds. The predicted octanol–water partition coefficient (Wildman–Crippen LogP) is 3.86. The largest absolute Gasteiger partial charge is 0.493 e. The Balaban J connectivity index is 2.29. The van der Waals surface area contributed by atoms with E-state index in [1.54, 1.807) is 12.1 Å². The van der Waals surface area contributed by atoms with Crippen molar-refractivity contribution in [3.8, 4) is 11.5 Å². The molecule has 0 radical (unpaired) electrons. The van der Waals surface area contributed by atoms with Gasteiger partial charge in [0.05, 0.1) is 31.4 Å². The van der Waals surface area contributed by atoms with E-state index in [1.165, 1.54) is 25.6 Å². The Morgan fingerprint density at radius 2 is 2.00 bits per heavy atom. The molecule has 0 aliphatic heterocycles. The lowest BCUT2D eigenvalue weighted by atomic mass is 10.1. The monoisotopic (exact) mass is 325 g/mol. The number of hydrogen-bond donors (Lipinski definition) is 0. The molecule has 0 bridgehead atoms. The van der Waals surface area contributed by atoms with Crippen LogP contribution >= 0.6 is 22.9 Å². The van der Waals surface area contributed by atoms with Gasteiger partial charge in [-0.25, -0.2) is 4.98 Å². The SMILES string of the molecule is COc1cc(C(=O)Cc2nc(C)c(C)s2)cc(Cl)c1OC. The first-order chi connectivity index (χ1) is 9.96. The number of nitrogens with zero attached hydrogens (tertiary/aromatic N) is 1. The van der Waals surface area contributed by atoms with E-state index < -0.39 is 0 Å². The summed E-state index contributed by atoms with van der Waals surface area (Å²) >= 11 is 7.66. The first-order valence-corrected chi connectivity index (χ1v) is 7.53. The number of aryl methyl sites for hydroxylation is 2. The van der Waals surface area contributed by atoms with Gasteiger partial charge in [0.15, 0.2) is 17.3 Å². The Hall–Kier alpha value is -1.59. The number of carbonyl (C=O) groups is 1. The van der Waals surface area contributed by atoms with Gasteiger partial charge in [-0.3, -0.25) is 4.79 Å². The van der Waals surface area contributed by atoms with E-state index in [0.717, 1.165) is 15.6 Å². The number of rotatable bonds is 5. The van der Waals surface area contributed by atoms with Crippen molar-refractivity contribution in [1.29, 1.82) is 0 Å². The summed E-state index contributed by atoms with van der Waals surface area (Å²) in [6.45, 7) is 3.93. The molecule has 0 N–H and O–H groups in total. The number of methoxy groups -OCH3 is 2. The highest BCUT2D eigenvalue weighted by Crippen LogP contribution is 2.36. The number of ketones is 1. The molecule has 0 aliphatic carbocycles. The van der Waals surface area contributed by atoms with Crippen LogP contribution in [0.4, 0.5) is 0 Å². The van der Waals surface area contributed by atoms with E-state index in [-0.39, 0.29) is 12.2 Å². The average Bonchev–Trinajstić information content (AvgIpc) is 2.76. The molecule has 0 atom stereocenters. The summed E-state index contributed by atoms with van der Waals surface area (Å²) in [6, 6.07) is 3.24. The van der Waals surface area contributed by atoms with Crippen molar-refractivity contribution in [3.63, 3.8) is 0 Å². The molecule has 0 aliphatic rings. The van der Waals surface area contributed by atoms with Gasteiger partial charge in [0.2, 0.25) is 0 Å². The summed E-state index contributed by atoms with van der Waals surface area (Å²) in [5.41, 5.74) is 1.45. The third-order valence-corrected chi connectivity index (χ3v) is 4.49. The van der Waals surface area contributed by atoms with Crippen LogP contribution in [-0.4, -0.2) is 25.0 Å². The van der Waals surface area contributed by atoms with Crippen molar-refractivity contribution in [1.82, 2.24) is 4.98 Å². The van der Waals surface area contributed by atoms with Gasteiger partial charge in [0.1, 0.15) is 5.01 Å². The maximum Gasteiger partial charge on any atom is 0.179 e. The van der Waals surface area contributed by atoms with Crippen molar-refractivity contribution in [2.75, 3.05) is 14.2 Å². The first-order valence-electron chi connectivity index (χ1n) is 6.34. The zero-order chi connectivity index (χ0) is 15.6. The van der Waals surface area contributed by atoms with Crippen molar-refractivity contribution in [2.24, 2.45) is 0 Å². The molecule has 2 aromatic rings. The smallest absolute Gasteiger partial charge is 0.179 e. The zero-order valence-electron chi connectivity index (χ0n) is 12.3. The van der Waals surface area contributed by atoms with Crippen LogP contribution in [0.25, 0.3) is 0 Å². The highest BCUT2D eigenvalue weighted by atomic mass is 35.5. The normalized spacial score (nSPS) is 10.5. The second-order valence-electron chi connectivity index (χ2n) is 4.54. The molecule has 0 saturated carbocycles. The van der Waals surface area contributed by atoms with E-state index in [1.807, 2.05) is 13.8 Å². The summed E-state index contributed by atoms with van der Waals surface area (Å²) in [5.74, 6) is 0.822. The van der Waals surface area contributed by atoms with Gasteiger partial charge in [-0.15, -0.1) is 11.3 Å². The van der Waals surface area contributed by atoms with Gasteiger partial charge in [-0.2, -0.15) is 0 Å². The Labute approximate surface area is 132 Å². The van der Waals surface area contributed by atoms with Gasteiger partial charge in [-0.1, -0.05) is 11.6 Å². The summed E-state index contributed by atoms with van der Waals surface area (Å²) in [4.78, 5) is 17.9. The van der Waals surface area contributed by atoms with Crippen molar-refractivity contribution < 1.29 is 14.3 Å². The van der Waals surface area contributed by atoms with Gasteiger partial charge >= 0.3 is 0 Å². The number of thiazole rings is 1. The Bertz CT molecular complexity index is 662. The van der Waals surface area contributed by atoms with E-state index in [0.29, 0.717) is 22.1 Å². The molecule has 1 heterocycles. The summed E-state index contributed by atoms with van der Waals surface area (Å²) in [7, 11) is 3.02. The van der Waals surface area contributed by atoms with Gasteiger partial charge in [-0.05, 0) is 26.0 Å². The topological polar surface area (TPSA) is 48.4 Å². The van der Waals surface area contributed by atoms with Crippen LogP contribution < -0.4 is 9.47 Å². The summed E-state index contributed by atoms with van der Waals surface area (Å²) in [6.07, 6.45) is 0.255. The van der Waals surface area contributed by atoms with Crippen LogP contribution in [0.5, 0.6) is 11.5 Å². The fraction of sp³-hybridized carbons (Fsp3) is 0.333. The summed E-state index contributed by atoms with van der Waals surface area (Å²) in [5, 5.41) is 1.16. The maximum atomic E-state index is 12.4. The highest BCUT2D eigenvalue weighted by Gasteiger charge is 2.17. The van der Waals surface area contributed by atoms with Gasteiger partial charge < -0.3 is 9.47 Å². The number of ether oxygens (including phenoxy) is 2. The van der Waals surface area contributed by atoms with Crippen molar-refractivity contribution >= 4 is 28.7 Å². The quantitative estimate of drug-likeness (QED) is 0.783. The first kappa shape index (κ1) is 15.8. The molecule has 2 rings (SSSR count). The lowest BCUT2D eigenvalue weighted by Gasteiger charge is -2.11. The molecule has 1 aromatic heterocycles. The van der Waals surface area contributed by atoms with Crippen LogP contribution in [0.15, 0.2) is 12.1 Å². The predicted molar refractivity (Wildman–Crippen MR) is 84.2 cm³/mol. The minimum absolute atomic E-state index is 0.0494. The second kappa shape index (κ2) is 6.45. The molecule has 21 heavy (non-hydrogen) atoms. The van der Waals surface area contributed by atoms with E-state index in [2.05, 4.69) is 4.98 Å². The average molecular weight is 326 g/mol. The number of benzene rings is 1. The number of hydrogen-bond acceptors (Lipinski definition) is 5. The minimum Gasteiger partial charge on any atom is -0.493 e. The van der Waals surface area contributed by atoms with Crippen LogP contribution in [-0.2, 0) is 6.42 Å². The lowest BCUT2D eigenvalue weighted by Crippen LogP contribution is -2.04. The lowest BCUT2D eigenvalue weighted by molar-refractivity contribution is 0.0992. The minimum atomic E-state index is -0.0494. The molecule has 0 unspecified atom stereocenters. The van der Waals surface area contributed by atoms with Gasteiger partial charge in [0.25, 0.3) is 0 Å². The summed E-state index contributed by atoms with van der Waals surface area (Å²) < 4.78 is 10.4. The van der Waals surface area contributed by atoms with Crippen LogP contribution in [0.2, 0.25) is 5.02 Å². The number of Topliss-reactive ketones (excluding diaryl/α,β-unsaturated/α-hetero) is 1. The van der Waals surface area contributed by atoms with E-state index >= 15 is 0 Å². The molecule has 6 heteroatoms. The van der Waals surface area contributed by atoms with Crippen molar-refractivity contribution in [3.05, 3.63) is 38.3 Å². The van der Waals surface area contributed by atoms with E-state index in [4.69, 9.17) is 21.1 Å². The van der Waals surface area contributed by atoms with Crippen molar-refractivity contribution in [2.45, 2.75) is 20.3 Å². The molecular weight excluding hydrogens is 310 g/mol. The molecule has 112 valence electrons. The highest BCUT2D eigenvalue weighted by molar-refractivity contribution is 7.11. The Morgan fingerprint density at radius 3 is 2.52 bits per heavy atom. The molecular formula is C15H16ClNO3S. The second-order valence-corrected chi connectivity index (χ2v) is 6.24. The van der Waals surface area contributed by atoms with Crippen LogP contribution in [0.3, 0.4) is 0 Å². The zero-order valence-corrected chi connectivity index (χ0v) is 13.9.